The monoisotopic (exact) mass is 218 g/mol. The van der Waals surface area contributed by atoms with Crippen molar-refractivity contribution in [2.75, 3.05) is 25.7 Å². The molecular weight excluding hydrogens is 204 g/mol. The summed E-state index contributed by atoms with van der Waals surface area (Å²) in [5.41, 5.74) is 1.60. The van der Waals surface area contributed by atoms with E-state index in [1.807, 2.05) is 30.4 Å². The van der Waals surface area contributed by atoms with E-state index < -0.39 is 0 Å². The van der Waals surface area contributed by atoms with Gasteiger partial charge in [0.1, 0.15) is 0 Å². The van der Waals surface area contributed by atoms with Crippen LogP contribution in [0.3, 0.4) is 0 Å². The lowest BCUT2D eigenvalue weighted by atomic mass is 10.2. The Morgan fingerprint density at radius 2 is 2.00 bits per heavy atom. The second-order valence-electron chi connectivity index (χ2n) is 3.61. The van der Waals surface area contributed by atoms with E-state index >= 15 is 0 Å². The number of likely N-dealkylation sites (N-methyl/N-ethyl adjacent to an activating group) is 1. The van der Waals surface area contributed by atoms with Crippen molar-refractivity contribution < 1.29 is 9.53 Å². The van der Waals surface area contributed by atoms with Crippen molar-refractivity contribution >= 4 is 11.7 Å². The average Bonchev–Trinajstić information content (AvgIpc) is 2.75. The van der Waals surface area contributed by atoms with Crippen LogP contribution in [-0.2, 0) is 4.74 Å². The van der Waals surface area contributed by atoms with Gasteiger partial charge in [-0.25, -0.2) is 9.80 Å². The maximum atomic E-state index is 11.3. The van der Waals surface area contributed by atoms with Crippen LogP contribution in [0.15, 0.2) is 36.5 Å². The lowest BCUT2D eigenvalue weighted by Crippen LogP contribution is -2.31. The van der Waals surface area contributed by atoms with Gasteiger partial charge in [0.2, 0.25) is 0 Å². The number of methoxy groups -OCH3 is 1. The minimum absolute atomic E-state index is 0.308. The molecule has 0 saturated carbocycles. The molecule has 1 aliphatic rings. The number of anilines is 1. The Hall–Kier alpha value is -1.81. The molecule has 0 amide bonds. The van der Waals surface area contributed by atoms with Crippen LogP contribution < -0.4 is 5.01 Å². The van der Waals surface area contributed by atoms with Crippen LogP contribution in [0.5, 0.6) is 0 Å². The summed E-state index contributed by atoms with van der Waals surface area (Å²) in [7, 11) is 3.39. The summed E-state index contributed by atoms with van der Waals surface area (Å²) in [6.07, 6.45) is 4.08. The number of benzene rings is 1. The second kappa shape index (κ2) is 4.37. The van der Waals surface area contributed by atoms with Crippen molar-refractivity contribution in [3.8, 4) is 0 Å². The van der Waals surface area contributed by atoms with Crippen LogP contribution in [0, 0.1) is 0 Å². The number of carbonyl (C=O) groups excluding carboxylic acids is 1. The molecule has 0 atom stereocenters. The Morgan fingerprint density at radius 3 is 2.50 bits per heavy atom. The predicted octanol–water partition coefficient (Wildman–Crippen LogP) is 1.65. The zero-order valence-corrected chi connectivity index (χ0v) is 9.38. The molecular formula is C12H14N2O2. The van der Waals surface area contributed by atoms with Gasteiger partial charge in [0.15, 0.2) is 0 Å². The Balaban J connectivity index is 2.19. The SMILES string of the molecule is COC(=O)c1ccc(N2C=CCN2C)cc1. The summed E-state index contributed by atoms with van der Waals surface area (Å²) in [6, 6.07) is 7.33. The molecule has 0 radical (unpaired) electrons. The highest BCUT2D eigenvalue weighted by atomic mass is 16.5. The highest BCUT2D eigenvalue weighted by molar-refractivity contribution is 5.89. The topological polar surface area (TPSA) is 32.8 Å². The molecule has 0 fully saturated rings. The van der Waals surface area contributed by atoms with Gasteiger partial charge in [-0.05, 0) is 24.3 Å². The molecule has 4 heteroatoms. The number of esters is 1. The first kappa shape index (κ1) is 10.7. The summed E-state index contributed by atoms with van der Waals surface area (Å²) in [5, 5.41) is 4.11. The quantitative estimate of drug-likeness (QED) is 0.707. The van der Waals surface area contributed by atoms with Crippen LogP contribution in [0.25, 0.3) is 0 Å². The lowest BCUT2D eigenvalue weighted by Gasteiger charge is -2.25. The van der Waals surface area contributed by atoms with Crippen molar-refractivity contribution in [2.45, 2.75) is 0 Å². The van der Waals surface area contributed by atoms with Gasteiger partial charge in [-0.3, -0.25) is 5.01 Å². The summed E-state index contributed by atoms with van der Waals surface area (Å²) < 4.78 is 4.65. The number of carbonyl (C=O) groups is 1. The first-order chi connectivity index (χ1) is 7.72. The van der Waals surface area contributed by atoms with Crippen molar-refractivity contribution in [3.63, 3.8) is 0 Å². The van der Waals surface area contributed by atoms with Crippen molar-refractivity contribution in [3.05, 3.63) is 42.1 Å². The van der Waals surface area contributed by atoms with Gasteiger partial charge in [0.05, 0.1) is 18.4 Å². The Bertz CT molecular complexity index is 412. The summed E-state index contributed by atoms with van der Waals surface area (Å²) >= 11 is 0. The van der Waals surface area contributed by atoms with E-state index in [4.69, 9.17) is 0 Å². The number of hydrogen-bond donors (Lipinski definition) is 0. The minimum atomic E-state index is -0.308. The van der Waals surface area contributed by atoms with Crippen molar-refractivity contribution in [1.82, 2.24) is 5.01 Å². The molecule has 0 saturated heterocycles. The fourth-order valence-electron chi connectivity index (χ4n) is 1.65. The van der Waals surface area contributed by atoms with Crippen LogP contribution >= 0.6 is 0 Å². The van der Waals surface area contributed by atoms with Crippen molar-refractivity contribution in [2.24, 2.45) is 0 Å². The zero-order chi connectivity index (χ0) is 11.5. The van der Waals surface area contributed by atoms with Gasteiger partial charge in [0, 0.05) is 19.8 Å². The molecule has 1 aromatic rings. The van der Waals surface area contributed by atoms with Gasteiger partial charge in [0.25, 0.3) is 0 Å². The smallest absolute Gasteiger partial charge is 0.337 e. The number of ether oxygens (including phenoxy) is 1. The van der Waals surface area contributed by atoms with Gasteiger partial charge >= 0.3 is 5.97 Å². The second-order valence-corrected chi connectivity index (χ2v) is 3.61. The van der Waals surface area contributed by atoms with E-state index in [1.165, 1.54) is 7.11 Å². The maximum Gasteiger partial charge on any atom is 0.337 e. The van der Waals surface area contributed by atoms with E-state index in [-0.39, 0.29) is 5.97 Å². The molecule has 0 unspecified atom stereocenters. The molecule has 0 aromatic heterocycles. The van der Waals surface area contributed by atoms with Crippen molar-refractivity contribution in [1.29, 1.82) is 0 Å². The van der Waals surface area contributed by atoms with Gasteiger partial charge < -0.3 is 4.74 Å². The molecule has 0 spiro atoms. The maximum absolute atomic E-state index is 11.3. The molecule has 1 aromatic carbocycles. The lowest BCUT2D eigenvalue weighted by molar-refractivity contribution is 0.0601. The van der Waals surface area contributed by atoms with Crippen LogP contribution in [0.2, 0.25) is 0 Å². The summed E-state index contributed by atoms with van der Waals surface area (Å²) in [6.45, 7) is 0.902. The summed E-state index contributed by atoms with van der Waals surface area (Å²) in [4.78, 5) is 11.3. The van der Waals surface area contributed by atoms with Gasteiger partial charge in [-0.1, -0.05) is 6.08 Å². The third kappa shape index (κ3) is 1.92. The Kier molecular flexibility index (Phi) is 2.92. The van der Waals surface area contributed by atoms with Crippen LogP contribution in [-0.4, -0.2) is 31.7 Å². The van der Waals surface area contributed by atoms with Gasteiger partial charge in [-0.2, -0.15) is 0 Å². The Morgan fingerprint density at radius 1 is 1.31 bits per heavy atom. The average molecular weight is 218 g/mol. The Labute approximate surface area is 94.7 Å². The number of hydrogen-bond acceptors (Lipinski definition) is 4. The molecule has 16 heavy (non-hydrogen) atoms. The number of hydrazine groups is 1. The first-order valence-electron chi connectivity index (χ1n) is 5.07. The summed E-state index contributed by atoms with van der Waals surface area (Å²) in [5.74, 6) is -0.308. The number of nitrogens with zero attached hydrogens (tertiary/aromatic N) is 2. The van der Waals surface area contributed by atoms with E-state index in [2.05, 4.69) is 15.8 Å². The highest BCUT2D eigenvalue weighted by Gasteiger charge is 2.13. The molecule has 1 heterocycles. The predicted molar refractivity (Wildman–Crippen MR) is 62.0 cm³/mol. The normalized spacial score (nSPS) is 15.5. The van der Waals surface area contributed by atoms with E-state index in [9.17, 15) is 4.79 Å². The molecule has 0 aliphatic carbocycles. The fraction of sp³-hybridized carbons (Fsp3) is 0.250. The largest absolute Gasteiger partial charge is 0.465 e. The van der Waals surface area contributed by atoms with Crippen LogP contribution in [0.4, 0.5) is 5.69 Å². The first-order valence-corrected chi connectivity index (χ1v) is 5.07. The molecule has 0 N–H and O–H groups in total. The van der Waals surface area contributed by atoms with E-state index in [0.29, 0.717) is 5.56 Å². The van der Waals surface area contributed by atoms with E-state index in [0.717, 1.165) is 12.2 Å². The third-order valence-corrected chi connectivity index (χ3v) is 2.54. The molecule has 2 rings (SSSR count). The van der Waals surface area contributed by atoms with Crippen LogP contribution in [0.1, 0.15) is 10.4 Å². The standard InChI is InChI=1S/C12H14N2O2/c1-13-8-3-9-14(13)11-6-4-10(5-7-11)12(15)16-2/h3-7,9H,8H2,1-2H3. The third-order valence-electron chi connectivity index (χ3n) is 2.54. The molecule has 0 bridgehead atoms. The highest BCUT2D eigenvalue weighted by Crippen LogP contribution is 2.20. The number of rotatable bonds is 2. The molecule has 4 nitrogen and oxygen atoms in total. The zero-order valence-electron chi connectivity index (χ0n) is 9.38. The van der Waals surface area contributed by atoms with E-state index in [1.54, 1.807) is 12.1 Å². The fourth-order valence-corrected chi connectivity index (χ4v) is 1.65. The molecule has 84 valence electrons. The van der Waals surface area contributed by atoms with Gasteiger partial charge in [-0.15, -0.1) is 0 Å². The minimum Gasteiger partial charge on any atom is -0.465 e. The molecule has 1 aliphatic heterocycles.